The van der Waals surface area contributed by atoms with Gasteiger partial charge in [0.25, 0.3) is 0 Å². The van der Waals surface area contributed by atoms with Crippen molar-refractivity contribution in [2.45, 2.75) is 25.1 Å². The summed E-state index contributed by atoms with van der Waals surface area (Å²) in [5.41, 5.74) is 5.74. The molecule has 0 saturated carbocycles. The standard InChI is InChI=1S/C15H21N5O/c16-11-15(21,13-4-2-1-3-5-13)6-7-19-8-9-20-12-17-18-14(20)10-19/h1-5,12,21H,6-11,16H2. The highest BCUT2D eigenvalue weighted by Crippen LogP contribution is 2.24. The first-order chi connectivity index (χ1) is 10.2. The van der Waals surface area contributed by atoms with Gasteiger partial charge >= 0.3 is 0 Å². The van der Waals surface area contributed by atoms with Crippen molar-refractivity contribution < 1.29 is 5.11 Å². The first-order valence-corrected chi connectivity index (χ1v) is 7.28. The number of hydrogen-bond acceptors (Lipinski definition) is 5. The van der Waals surface area contributed by atoms with Gasteiger partial charge in [0.2, 0.25) is 0 Å². The van der Waals surface area contributed by atoms with Gasteiger partial charge in [-0.3, -0.25) is 4.90 Å². The molecule has 0 radical (unpaired) electrons. The van der Waals surface area contributed by atoms with Gasteiger partial charge in [-0.15, -0.1) is 10.2 Å². The summed E-state index contributed by atoms with van der Waals surface area (Å²) in [7, 11) is 0. The Morgan fingerprint density at radius 1 is 1.24 bits per heavy atom. The Bertz CT molecular complexity index is 585. The monoisotopic (exact) mass is 287 g/mol. The van der Waals surface area contributed by atoms with Crippen LogP contribution in [0.3, 0.4) is 0 Å². The van der Waals surface area contributed by atoms with Crippen LogP contribution in [0.25, 0.3) is 0 Å². The number of rotatable bonds is 5. The summed E-state index contributed by atoms with van der Waals surface area (Å²) in [6.45, 7) is 3.63. The second-order valence-electron chi connectivity index (χ2n) is 5.57. The molecule has 6 nitrogen and oxygen atoms in total. The average molecular weight is 287 g/mol. The second-order valence-corrected chi connectivity index (χ2v) is 5.57. The number of aliphatic hydroxyl groups is 1. The van der Waals surface area contributed by atoms with Crippen LogP contribution in [0, 0.1) is 0 Å². The third-order valence-electron chi connectivity index (χ3n) is 4.21. The molecule has 1 aromatic heterocycles. The lowest BCUT2D eigenvalue weighted by Gasteiger charge is -2.32. The van der Waals surface area contributed by atoms with Crippen molar-refractivity contribution in [3.05, 3.63) is 48.0 Å². The maximum Gasteiger partial charge on any atom is 0.147 e. The predicted octanol–water partition coefficient (Wildman–Crippen LogP) is 0.330. The van der Waals surface area contributed by atoms with Gasteiger partial charge in [-0.1, -0.05) is 30.3 Å². The number of nitrogens with two attached hydrogens (primary N) is 1. The van der Waals surface area contributed by atoms with Gasteiger partial charge in [0, 0.05) is 26.2 Å². The average Bonchev–Trinajstić information content (AvgIpc) is 3.01. The van der Waals surface area contributed by atoms with E-state index in [-0.39, 0.29) is 6.54 Å². The third-order valence-corrected chi connectivity index (χ3v) is 4.21. The molecule has 2 heterocycles. The number of benzene rings is 1. The number of nitrogens with zero attached hydrogens (tertiary/aromatic N) is 4. The quantitative estimate of drug-likeness (QED) is 0.828. The van der Waals surface area contributed by atoms with Gasteiger partial charge in [0.15, 0.2) is 0 Å². The lowest BCUT2D eigenvalue weighted by molar-refractivity contribution is 0.0226. The minimum absolute atomic E-state index is 0.223. The summed E-state index contributed by atoms with van der Waals surface area (Å²) in [6, 6.07) is 9.66. The van der Waals surface area contributed by atoms with Crippen molar-refractivity contribution >= 4 is 0 Å². The van der Waals surface area contributed by atoms with Gasteiger partial charge < -0.3 is 15.4 Å². The molecule has 3 rings (SSSR count). The van der Waals surface area contributed by atoms with Crippen LogP contribution in [0.1, 0.15) is 17.8 Å². The van der Waals surface area contributed by atoms with Crippen LogP contribution in [0.2, 0.25) is 0 Å². The van der Waals surface area contributed by atoms with E-state index in [4.69, 9.17) is 5.73 Å². The van der Waals surface area contributed by atoms with Gasteiger partial charge in [0.1, 0.15) is 17.8 Å². The summed E-state index contributed by atoms with van der Waals surface area (Å²) in [5, 5.41) is 18.8. The fourth-order valence-corrected chi connectivity index (χ4v) is 2.76. The fourth-order valence-electron chi connectivity index (χ4n) is 2.76. The Kier molecular flexibility index (Phi) is 4.01. The zero-order valence-electron chi connectivity index (χ0n) is 12.0. The molecule has 3 N–H and O–H groups in total. The van der Waals surface area contributed by atoms with E-state index in [1.54, 1.807) is 6.33 Å². The van der Waals surface area contributed by atoms with Crippen molar-refractivity contribution in [2.75, 3.05) is 19.6 Å². The Morgan fingerprint density at radius 2 is 2.05 bits per heavy atom. The van der Waals surface area contributed by atoms with E-state index >= 15 is 0 Å². The zero-order valence-corrected chi connectivity index (χ0v) is 12.0. The molecular formula is C15H21N5O. The van der Waals surface area contributed by atoms with Crippen LogP contribution in [0.15, 0.2) is 36.7 Å². The van der Waals surface area contributed by atoms with Crippen molar-refractivity contribution in [1.29, 1.82) is 0 Å². The van der Waals surface area contributed by atoms with E-state index < -0.39 is 5.60 Å². The topological polar surface area (TPSA) is 80.2 Å². The molecular weight excluding hydrogens is 266 g/mol. The first kappa shape index (κ1) is 14.2. The Balaban J connectivity index is 1.64. The third kappa shape index (κ3) is 2.97. The predicted molar refractivity (Wildman–Crippen MR) is 79.3 cm³/mol. The molecule has 0 bridgehead atoms. The van der Waals surface area contributed by atoms with Crippen molar-refractivity contribution in [2.24, 2.45) is 5.73 Å². The summed E-state index contributed by atoms with van der Waals surface area (Å²) in [4.78, 5) is 2.29. The highest BCUT2D eigenvalue weighted by atomic mass is 16.3. The number of fused-ring (bicyclic) bond motifs is 1. The van der Waals surface area contributed by atoms with E-state index in [0.29, 0.717) is 6.42 Å². The highest BCUT2D eigenvalue weighted by Gasteiger charge is 2.28. The van der Waals surface area contributed by atoms with Gasteiger partial charge in [-0.25, -0.2) is 0 Å². The molecule has 1 aromatic carbocycles. The summed E-state index contributed by atoms with van der Waals surface area (Å²) >= 11 is 0. The number of aromatic nitrogens is 3. The molecule has 0 fully saturated rings. The molecule has 0 amide bonds. The van der Waals surface area contributed by atoms with Gasteiger partial charge in [0.05, 0.1) is 6.54 Å². The minimum atomic E-state index is -0.966. The van der Waals surface area contributed by atoms with Crippen molar-refractivity contribution in [3.8, 4) is 0 Å². The molecule has 2 aromatic rings. The van der Waals surface area contributed by atoms with Gasteiger partial charge in [-0.05, 0) is 12.0 Å². The largest absolute Gasteiger partial charge is 0.384 e. The summed E-state index contributed by atoms with van der Waals surface area (Å²) in [6.07, 6.45) is 2.38. The van der Waals surface area contributed by atoms with Crippen molar-refractivity contribution in [3.63, 3.8) is 0 Å². The van der Waals surface area contributed by atoms with Crippen LogP contribution in [0.5, 0.6) is 0 Å². The lowest BCUT2D eigenvalue weighted by atomic mass is 9.90. The SMILES string of the molecule is NCC(O)(CCN1CCn2cnnc2C1)c1ccccc1. The maximum absolute atomic E-state index is 10.8. The van der Waals surface area contributed by atoms with E-state index in [0.717, 1.165) is 37.6 Å². The van der Waals surface area contributed by atoms with Crippen LogP contribution >= 0.6 is 0 Å². The second kappa shape index (κ2) is 5.93. The van der Waals surface area contributed by atoms with E-state index in [9.17, 15) is 5.11 Å². The molecule has 6 heteroatoms. The van der Waals surface area contributed by atoms with E-state index in [2.05, 4.69) is 19.7 Å². The first-order valence-electron chi connectivity index (χ1n) is 7.28. The van der Waals surface area contributed by atoms with Crippen LogP contribution in [-0.4, -0.2) is 44.4 Å². The van der Waals surface area contributed by atoms with Crippen molar-refractivity contribution in [1.82, 2.24) is 19.7 Å². The normalized spacial score (nSPS) is 18.2. The Labute approximate surface area is 124 Å². The minimum Gasteiger partial charge on any atom is -0.384 e. The molecule has 1 aliphatic rings. The molecule has 21 heavy (non-hydrogen) atoms. The maximum atomic E-state index is 10.8. The van der Waals surface area contributed by atoms with Crippen LogP contribution in [-0.2, 0) is 18.7 Å². The Morgan fingerprint density at radius 3 is 2.81 bits per heavy atom. The fraction of sp³-hybridized carbons (Fsp3) is 0.467. The highest BCUT2D eigenvalue weighted by molar-refractivity contribution is 5.22. The molecule has 0 aliphatic carbocycles. The number of hydrogen-bond donors (Lipinski definition) is 2. The smallest absolute Gasteiger partial charge is 0.147 e. The molecule has 1 atom stereocenters. The van der Waals surface area contributed by atoms with E-state index in [1.807, 2.05) is 30.3 Å². The molecule has 0 spiro atoms. The molecule has 112 valence electrons. The van der Waals surface area contributed by atoms with Crippen LogP contribution in [0.4, 0.5) is 0 Å². The van der Waals surface area contributed by atoms with E-state index in [1.165, 1.54) is 0 Å². The lowest BCUT2D eigenvalue weighted by Crippen LogP contribution is -2.41. The van der Waals surface area contributed by atoms with Gasteiger partial charge in [-0.2, -0.15) is 0 Å². The summed E-state index contributed by atoms with van der Waals surface area (Å²) < 4.78 is 2.07. The zero-order chi connectivity index (χ0) is 14.7. The van der Waals surface area contributed by atoms with Crippen LogP contribution < -0.4 is 5.73 Å². The Hall–Kier alpha value is -1.76. The molecule has 1 unspecified atom stereocenters. The molecule has 0 saturated heterocycles. The summed E-state index contributed by atoms with van der Waals surface area (Å²) in [5.74, 6) is 0.984. The molecule has 1 aliphatic heterocycles.